The highest BCUT2D eigenvalue weighted by atomic mass is 31.2. The maximum Gasteiger partial charge on any atom is 0.326 e. The molecule has 0 N–H and O–H groups in total. The summed E-state index contributed by atoms with van der Waals surface area (Å²) in [6.45, 7) is 13.1. The minimum atomic E-state index is -1.36. The molecule has 1 atom stereocenters. The van der Waals surface area contributed by atoms with Crippen molar-refractivity contribution in [3.63, 3.8) is 0 Å². The van der Waals surface area contributed by atoms with Gasteiger partial charge in [0.05, 0.1) is 17.8 Å². The van der Waals surface area contributed by atoms with Gasteiger partial charge < -0.3 is 9.05 Å². The first-order valence-electron chi connectivity index (χ1n) is 11.0. The van der Waals surface area contributed by atoms with E-state index in [1.165, 1.54) is 0 Å². The maximum absolute atomic E-state index is 9.34. The fraction of sp³-hybridized carbons (Fsp3) is 0.321. The summed E-state index contributed by atoms with van der Waals surface area (Å²) in [5.74, 6) is 1.74. The average Bonchev–Trinajstić information content (AvgIpc) is 2.73. The van der Waals surface area contributed by atoms with Crippen molar-refractivity contribution in [2.75, 3.05) is 0 Å². The fourth-order valence-corrected chi connectivity index (χ4v) is 5.55. The highest BCUT2D eigenvalue weighted by Crippen LogP contribution is 2.52. The van der Waals surface area contributed by atoms with E-state index in [4.69, 9.17) is 9.05 Å². The van der Waals surface area contributed by atoms with Crippen molar-refractivity contribution in [3.05, 3.63) is 77.4 Å². The zero-order chi connectivity index (χ0) is 23.1. The molecule has 4 rings (SSSR count). The van der Waals surface area contributed by atoms with Gasteiger partial charge in [0.15, 0.2) is 0 Å². The van der Waals surface area contributed by atoms with Gasteiger partial charge in [-0.2, -0.15) is 5.26 Å². The summed E-state index contributed by atoms with van der Waals surface area (Å²) < 4.78 is 13.3. The molecule has 4 heteroatoms. The minimum absolute atomic E-state index is 0.149. The van der Waals surface area contributed by atoms with Gasteiger partial charge in [0.25, 0.3) is 0 Å². The van der Waals surface area contributed by atoms with E-state index in [2.05, 4.69) is 84.0 Å². The number of nitriles is 1. The molecular weight excluding hydrogens is 413 g/mol. The van der Waals surface area contributed by atoms with Gasteiger partial charge in [0, 0.05) is 16.7 Å². The Kier molecular flexibility index (Phi) is 5.78. The first-order chi connectivity index (χ1) is 15.1. The van der Waals surface area contributed by atoms with Crippen LogP contribution < -0.4 is 14.4 Å². The number of nitrogens with zero attached hydrogens (tertiary/aromatic N) is 1. The second-order valence-corrected chi connectivity index (χ2v) is 11.7. The molecule has 3 aromatic rings. The number of benzene rings is 3. The Hall–Kier alpha value is -2.82. The molecule has 0 aliphatic carbocycles. The molecule has 0 bridgehead atoms. The van der Waals surface area contributed by atoms with Gasteiger partial charge >= 0.3 is 8.38 Å². The Morgan fingerprint density at radius 2 is 1.41 bits per heavy atom. The van der Waals surface area contributed by atoms with Crippen molar-refractivity contribution < 1.29 is 9.05 Å². The number of hydrogen-bond acceptors (Lipinski definition) is 3. The summed E-state index contributed by atoms with van der Waals surface area (Å²) in [6.07, 6.45) is 0.383. The summed E-state index contributed by atoms with van der Waals surface area (Å²) in [4.78, 5) is 0. The van der Waals surface area contributed by atoms with Crippen LogP contribution in [0.5, 0.6) is 11.5 Å². The number of para-hydroxylation sites is 1. The van der Waals surface area contributed by atoms with Crippen LogP contribution in [0.3, 0.4) is 0 Å². The SMILES string of the molecule is CC(C)(C)c1cc(CC#N)cc(C(C)(C)C)c1OP1Oc2ccccc2-c2ccccc21. The Morgan fingerprint density at radius 1 is 0.844 bits per heavy atom. The van der Waals surface area contributed by atoms with Crippen molar-refractivity contribution in [3.8, 4) is 28.7 Å². The third kappa shape index (κ3) is 4.25. The van der Waals surface area contributed by atoms with Crippen molar-refractivity contribution in [1.29, 1.82) is 5.26 Å². The summed E-state index contributed by atoms with van der Waals surface area (Å²) in [6, 6.07) is 23.1. The highest BCUT2D eigenvalue weighted by Gasteiger charge is 2.34. The third-order valence-corrected chi connectivity index (χ3v) is 7.18. The minimum Gasteiger partial charge on any atom is -0.435 e. The molecule has 1 aliphatic rings. The van der Waals surface area contributed by atoms with Gasteiger partial charge in [-0.3, -0.25) is 0 Å². The molecule has 32 heavy (non-hydrogen) atoms. The standard InChI is InChI=1S/C28H30NO2P/c1-27(2,3)22-17-19(15-16-29)18-23(28(4,5)6)26(22)31-32-25-14-10-8-12-21(25)20-11-7-9-13-24(20)30-32/h7-14,17-18H,15H2,1-6H3. The first kappa shape index (κ1) is 22.4. The summed E-state index contributed by atoms with van der Waals surface area (Å²) in [5.41, 5.74) is 5.21. The molecule has 0 radical (unpaired) electrons. The normalized spacial score (nSPS) is 15.2. The van der Waals surface area contributed by atoms with Crippen LogP contribution in [0.15, 0.2) is 60.7 Å². The molecule has 0 aromatic heterocycles. The predicted molar refractivity (Wildman–Crippen MR) is 133 cm³/mol. The predicted octanol–water partition coefficient (Wildman–Crippen LogP) is 7.42. The third-order valence-electron chi connectivity index (χ3n) is 5.68. The Bertz CT molecular complexity index is 1160. The topological polar surface area (TPSA) is 42.2 Å². The lowest BCUT2D eigenvalue weighted by Gasteiger charge is -2.33. The number of rotatable bonds is 3. The van der Waals surface area contributed by atoms with E-state index in [1.54, 1.807) is 0 Å². The van der Waals surface area contributed by atoms with E-state index < -0.39 is 8.38 Å². The van der Waals surface area contributed by atoms with E-state index in [9.17, 15) is 5.26 Å². The van der Waals surface area contributed by atoms with E-state index in [1.807, 2.05) is 24.3 Å². The Morgan fingerprint density at radius 3 is 2.00 bits per heavy atom. The van der Waals surface area contributed by atoms with Crippen molar-refractivity contribution in [2.24, 2.45) is 0 Å². The quantitative estimate of drug-likeness (QED) is 0.396. The van der Waals surface area contributed by atoms with Crippen LogP contribution in [0.25, 0.3) is 11.1 Å². The Balaban J connectivity index is 1.89. The van der Waals surface area contributed by atoms with Crippen LogP contribution in [0.2, 0.25) is 0 Å². The number of hydrogen-bond donors (Lipinski definition) is 0. The van der Waals surface area contributed by atoms with Crippen LogP contribution in [-0.2, 0) is 17.3 Å². The van der Waals surface area contributed by atoms with Crippen LogP contribution >= 0.6 is 8.38 Å². The zero-order valence-corrected chi connectivity index (χ0v) is 20.6. The van der Waals surface area contributed by atoms with Crippen molar-refractivity contribution in [1.82, 2.24) is 0 Å². The van der Waals surface area contributed by atoms with Gasteiger partial charge in [0.1, 0.15) is 11.5 Å². The monoisotopic (exact) mass is 443 g/mol. The molecule has 3 nitrogen and oxygen atoms in total. The average molecular weight is 444 g/mol. The van der Waals surface area contributed by atoms with Gasteiger partial charge in [0.2, 0.25) is 0 Å². The molecule has 0 spiro atoms. The zero-order valence-electron chi connectivity index (χ0n) is 19.7. The second-order valence-electron chi connectivity index (χ2n) is 10.3. The highest BCUT2D eigenvalue weighted by molar-refractivity contribution is 7.57. The second kappa shape index (κ2) is 8.27. The molecule has 164 valence electrons. The van der Waals surface area contributed by atoms with Crippen LogP contribution in [-0.4, -0.2) is 0 Å². The summed E-state index contributed by atoms with van der Waals surface area (Å²) >= 11 is 0. The van der Waals surface area contributed by atoms with Crippen LogP contribution in [0, 0.1) is 11.3 Å². The van der Waals surface area contributed by atoms with E-state index in [0.717, 1.165) is 44.6 Å². The molecule has 0 amide bonds. The van der Waals surface area contributed by atoms with Gasteiger partial charge in [-0.25, -0.2) is 0 Å². The molecule has 1 unspecified atom stereocenters. The van der Waals surface area contributed by atoms with E-state index in [0.29, 0.717) is 6.42 Å². The molecule has 0 saturated heterocycles. The van der Waals surface area contributed by atoms with Crippen molar-refractivity contribution >= 4 is 13.7 Å². The largest absolute Gasteiger partial charge is 0.435 e. The fourth-order valence-electron chi connectivity index (χ4n) is 4.01. The Labute approximate surface area is 192 Å². The van der Waals surface area contributed by atoms with Crippen LogP contribution in [0.4, 0.5) is 0 Å². The van der Waals surface area contributed by atoms with Crippen molar-refractivity contribution in [2.45, 2.75) is 58.8 Å². The molecule has 0 saturated carbocycles. The number of fused-ring (bicyclic) bond motifs is 3. The van der Waals surface area contributed by atoms with Gasteiger partial charge in [-0.05, 0) is 34.1 Å². The van der Waals surface area contributed by atoms with Crippen LogP contribution in [0.1, 0.15) is 58.2 Å². The first-order valence-corrected chi connectivity index (χ1v) is 12.2. The smallest absolute Gasteiger partial charge is 0.326 e. The molecular formula is C28H30NO2P. The lowest BCUT2D eigenvalue weighted by atomic mass is 9.78. The summed E-state index contributed by atoms with van der Waals surface area (Å²) in [5, 5.41) is 10.4. The van der Waals surface area contributed by atoms with Gasteiger partial charge in [-0.15, -0.1) is 0 Å². The molecule has 3 aromatic carbocycles. The molecule has 0 fully saturated rings. The van der Waals surface area contributed by atoms with Gasteiger partial charge in [-0.1, -0.05) is 90.1 Å². The maximum atomic E-state index is 9.34. The van der Waals surface area contributed by atoms with E-state index >= 15 is 0 Å². The molecule has 1 heterocycles. The van der Waals surface area contributed by atoms with E-state index in [-0.39, 0.29) is 10.8 Å². The lowest BCUT2D eigenvalue weighted by Crippen LogP contribution is -2.23. The summed E-state index contributed by atoms with van der Waals surface area (Å²) in [7, 11) is -1.36. The lowest BCUT2D eigenvalue weighted by molar-refractivity contribution is 0.461. The molecule has 1 aliphatic heterocycles.